The van der Waals surface area contributed by atoms with Gasteiger partial charge in [0.15, 0.2) is 0 Å². The van der Waals surface area contributed by atoms with E-state index in [1.807, 2.05) is 17.6 Å². The summed E-state index contributed by atoms with van der Waals surface area (Å²) in [6.45, 7) is 1.76. The van der Waals surface area contributed by atoms with Crippen molar-refractivity contribution >= 4 is 23.3 Å². The number of benzene rings is 1. The smallest absolute Gasteiger partial charge is 0.274 e. The second-order valence-corrected chi connectivity index (χ2v) is 3.23. The molecule has 1 aromatic carbocycles. The van der Waals surface area contributed by atoms with Gasteiger partial charge in [0.2, 0.25) is 0 Å². The molecule has 4 N–H and O–H groups in total. The fourth-order valence-electron chi connectivity index (χ4n) is 0.923. The van der Waals surface area contributed by atoms with Crippen molar-refractivity contribution in [1.29, 1.82) is 0 Å². The molecule has 0 atom stereocenters. The molecule has 2 amide bonds. The zero-order valence-corrected chi connectivity index (χ0v) is 8.88. The summed E-state index contributed by atoms with van der Waals surface area (Å²) in [6.07, 6.45) is 0. The molecule has 6 heteroatoms. The van der Waals surface area contributed by atoms with Crippen molar-refractivity contribution in [1.82, 2.24) is 10.9 Å². The molecule has 0 bridgehead atoms. The molecule has 1 rings (SSSR count). The molecule has 1 aromatic rings. The summed E-state index contributed by atoms with van der Waals surface area (Å²) in [5, 5.41) is 4.48. The van der Waals surface area contributed by atoms with Crippen LogP contribution in [0.1, 0.15) is 12.5 Å². The number of amides is 2. The number of rotatable bonds is 2. The van der Waals surface area contributed by atoms with E-state index in [2.05, 4.69) is 10.5 Å². The van der Waals surface area contributed by atoms with Crippen molar-refractivity contribution in [3.05, 3.63) is 34.9 Å². The van der Waals surface area contributed by atoms with E-state index in [0.29, 0.717) is 10.7 Å². The maximum Gasteiger partial charge on any atom is 0.349 e. The van der Waals surface area contributed by atoms with Gasteiger partial charge in [-0.3, -0.25) is 5.43 Å². The lowest BCUT2D eigenvalue weighted by atomic mass is 10.1. The van der Waals surface area contributed by atoms with Gasteiger partial charge in [-0.2, -0.15) is 5.10 Å². The molecule has 0 saturated carbocycles. The molecule has 80 valence electrons. The molecular formula is C9H11ClN4O. The lowest BCUT2D eigenvalue weighted by molar-refractivity contribution is 0.241. The molecule has 0 spiro atoms. The standard InChI is InChI=1S/C9H11ClN4O/c1-6(13-14-9(15)12-11)7-2-4-8(10)5-3-7/h2-5H,11H2,1H3,(H2,12,14,15)/b13-6+. The van der Waals surface area contributed by atoms with Crippen LogP contribution in [-0.2, 0) is 0 Å². The number of carbonyl (C=O) groups excluding carboxylic acids is 1. The van der Waals surface area contributed by atoms with Crippen LogP contribution in [0.2, 0.25) is 5.02 Å². The van der Waals surface area contributed by atoms with Crippen LogP contribution >= 0.6 is 11.6 Å². The minimum atomic E-state index is -0.566. The highest BCUT2D eigenvalue weighted by atomic mass is 35.5. The van der Waals surface area contributed by atoms with Crippen LogP contribution in [0, 0.1) is 0 Å². The number of nitrogens with two attached hydrogens (primary N) is 1. The summed E-state index contributed by atoms with van der Waals surface area (Å²) in [5.41, 5.74) is 5.66. The number of hydrogen-bond donors (Lipinski definition) is 3. The van der Waals surface area contributed by atoms with Gasteiger partial charge in [-0.25, -0.2) is 16.1 Å². The molecule has 0 aliphatic heterocycles. The average Bonchev–Trinajstić information content (AvgIpc) is 2.26. The lowest BCUT2D eigenvalue weighted by Gasteiger charge is -2.01. The quantitative estimate of drug-likeness (QED) is 0.307. The Bertz CT molecular complexity index is 374. The van der Waals surface area contributed by atoms with E-state index in [-0.39, 0.29) is 0 Å². The highest BCUT2D eigenvalue weighted by Crippen LogP contribution is 2.09. The SMILES string of the molecule is C/C(=N\NC(=O)NN)c1ccc(Cl)cc1. The van der Waals surface area contributed by atoms with E-state index in [0.717, 1.165) is 5.56 Å². The zero-order chi connectivity index (χ0) is 11.3. The van der Waals surface area contributed by atoms with Gasteiger partial charge in [0.05, 0.1) is 5.71 Å². The molecular weight excluding hydrogens is 216 g/mol. The number of hydrazone groups is 1. The Balaban J connectivity index is 2.71. The number of hydrazine groups is 1. The summed E-state index contributed by atoms with van der Waals surface area (Å²) in [4.78, 5) is 10.7. The predicted octanol–water partition coefficient (Wildman–Crippen LogP) is 1.24. The summed E-state index contributed by atoms with van der Waals surface area (Å²) in [7, 11) is 0. The molecule has 5 nitrogen and oxygen atoms in total. The van der Waals surface area contributed by atoms with Crippen molar-refractivity contribution in [2.45, 2.75) is 6.92 Å². The molecule has 0 unspecified atom stereocenters. The topological polar surface area (TPSA) is 79.5 Å². The Morgan fingerprint density at radius 2 is 2.00 bits per heavy atom. The van der Waals surface area contributed by atoms with Gasteiger partial charge < -0.3 is 0 Å². The lowest BCUT2D eigenvalue weighted by Crippen LogP contribution is -2.37. The van der Waals surface area contributed by atoms with Gasteiger partial charge in [0, 0.05) is 5.02 Å². The molecule has 15 heavy (non-hydrogen) atoms. The van der Waals surface area contributed by atoms with Crippen LogP contribution in [0.15, 0.2) is 29.4 Å². The zero-order valence-electron chi connectivity index (χ0n) is 8.12. The third-order valence-corrected chi connectivity index (χ3v) is 1.97. The van der Waals surface area contributed by atoms with Crippen LogP contribution < -0.4 is 16.7 Å². The highest BCUT2D eigenvalue weighted by Gasteiger charge is 1.98. The number of hydrogen-bond acceptors (Lipinski definition) is 3. The second kappa shape index (κ2) is 5.33. The van der Waals surface area contributed by atoms with E-state index in [9.17, 15) is 4.79 Å². The summed E-state index contributed by atoms with van der Waals surface area (Å²) >= 11 is 5.73. The van der Waals surface area contributed by atoms with Crippen LogP contribution in [-0.4, -0.2) is 11.7 Å². The van der Waals surface area contributed by atoms with Crippen LogP contribution in [0.25, 0.3) is 0 Å². The minimum absolute atomic E-state index is 0.566. The van der Waals surface area contributed by atoms with Crippen molar-refractivity contribution in [2.24, 2.45) is 10.9 Å². The van der Waals surface area contributed by atoms with Crippen LogP contribution in [0.3, 0.4) is 0 Å². The van der Waals surface area contributed by atoms with E-state index in [1.165, 1.54) is 0 Å². The molecule has 0 saturated heterocycles. The Hall–Kier alpha value is -1.59. The van der Waals surface area contributed by atoms with Gasteiger partial charge >= 0.3 is 6.03 Å². The highest BCUT2D eigenvalue weighted by molar-refractivity contribution is 6.30. The average molecular weight is 227 g/mol. The maximum atomic E-state index is 10.7. The van der Waals surface area contributed by atoms with Gasteiger partial charge in [-0.1, -0.05) is 23.7 Å². The first-order valence-corrected chi connectivity index (χ1v) is 4.58. The Labute approximate surface area is 92.3 Å². The van der Waals surface area contributed by atoms with Crippen molar-refractivity contribution in [3.63, 3.8) is 0 Å². The molecule has 0 aromatic heterocycles. The van der Waals surface area contributed by atoms with Gasteiger partial charge in [0.1, 0.15) is 0 Å². The Morgan fingerprint density at radius 1 is 1.40 bits per heavy atom. The number of nitrogens with zero attached hydrogens (tertiary/aromatic N) is 1. The normalized spacial score (nSPS) is 11.0. The monoisotopic (exact) mass is 226 g/mol. The van der Waals surface area contributed by atoms with E-state index >= 15 is 0 Å². The van der Waals surface area contributed by atoms with Crippen LogP contribution in [0.5, 0.6) is 0 Å². The largest absolute Gasteiger partial charge is 0.349 e. The van der Waals surface area contributed by atoms with E-state index < -0.39 is 6.03 Å². The van der Waals surface area contributed by atoms with E-state index in [1.54, 1.807) is 19.1 Å². The molecule has 0 aliphatic carbocycles. The fourth-order valence-corrected chi connectivity index (χ4v) is 1.05. The van der Waals surface area contributed by atoms with Gasteiger partial charge in [-0.15, -0.1) is 0 Å². The molecule has 0 heterocycles. The Morgan fingerprint density at radius 3 is 2.53 bits per heavy atom. The first-order valence-electron chi connectivity index (χ1n) is 4.20. The summed E-state index contributed by atoms with van der Waals surface area (Å²) in [5.74, 6) is 4.87. The number of urea groups is 1. The molecule has 0 fully saturated rings. The second-order valence-electron chi connectivity index (χ2n) is 2.79. The number of halogens is 1. The van der Waals surface area contributed by atoms with Crippen molar-refractivity contribution in [2.75, 3.05) is 0 Å². The Kier molecular flexibility index (Phi) is 4.08. The third-order valence-electron chi connectivity index (χ3n) is 1.72. The van der Waals surface area contributed by atoms with Crippen LogP contribution in [0.4, 0.5) is 4.79 Å². The summed E-state index contributed by atoms with van der Waals surface area (Å²) < 4.78 is 0. The number of nitrogens with one attached hydrogen (secondary N) is 2. The van der Waals surface area contributed by atoms with E-state index in [4.69, 9.17) is 17.4 Å². The first-order chi connectivity index (χ1) is 7.13. The molecule has 0 aliphatic rings. The summed E-state index contributed by atoms with van der Waals surface area (Å²) in [6, 6.07) is 6.55. The first kappa shape index (κ1) is 11.5. The van der Waals surface area contributed by atoms with Crippen molar-refractivity contribution in [3.8, 4) is 0 Å². The number of carbonyl (C=O) groups is 1. The van der Waals surface area contributed by atoms with Crippen molar-refractivity contribution < 1.29 is 4.79 Å². The minimum Gasteiger partial charge on any atom is -0.274 e. The fraction of sp³-hybridized carbons (Fsp3) is 0.111. The maximum absolute atomic E-state index is 10.7. The van der Waals surface area contributed by atoms with Gasteiger partial charge in [-0.05, 0) is 24.6 Å². The molecule has 0 radical (unpaired) electrons. The predicted molar refractivity (Wildman–Crippen MR) is 59.5 cm³/mol. The third kappa shape index (κ3) is 3.57. The van der Waals surface area contributed by atoms with Gasteiger partial charge in [0.25, 0.3) is 0 Å².